The molecule has 0 spiro atoms. The summed E-state index contributed by atoms with van der Waals surface area (Å²) in [6.45, 7) is 0.897. The van der Waals surface area contributed by atoms with Crippen molar-refractivity contribution in [2.45, 2.75) is 18.5 Å². The molecule has 2 unspecified atom stereocenters. The van der Waals surface area contributed by atoms with Gasteiger partial charge in [-0.15, -0.1) is 0 Å². The summed E-state index contributed by atoms with van der Waals surface area (Å²) in [4.78, 5) is 3.96. The first kappa shape index (κ1) is 7.71. The van der Waals surface area contributed by atoms with Crippen LogP contribution in [0.3, 0.4) is 0 Å². The molecule has 1 aromatic heterocycles. The van der Waals surface area contributed by atoms with Gasteiger partial charge in [-0.2, -0.15) is 0 Å². The van der Waals surface area contributed by atoms with E-state index in [1.165, 1.54) is 5.56 Å². The fraction of sp³-hybridized carbons (Fsp3) is 0.444. The molecule has 1 aliphatic heterocycles. The van der Waals surface area contributed by atoms with Crippen molar-refractivity contribution in [1.82, 2.24) is 10.3 Å². The molecule has 0 aromatic carbocycles. The van der Waals surface area contributed by atoms with E-state index in [0.29, 0.717) is 0 Å². The van der Waals surface area contributed by atoms with Crippen molar-refractivity contribution in [3.05, 3.63) is 30.1 Å². The minimum atomic E-state index is 0.201. The molecule has 1 radical (unpaired) electrons. The smallest absolute Gasteiger partial charge is 0.0648 e. The summed E-state index contributed by atoms with van der Waals surface area (Å²) in [5.41, 5.74) is 7.09. The lowest BCUT2D eigenvalue weighted by molar-refractivity contribution is 0.563. The van der Waals surface area contributed by atoms with Crippen LogP contribution in [0.5, 0.6) is 0 Å². The van der Waals surface area contributed by atoms with E-state index in [1.807, 2.05) is 12.1 Å². The Hall–Kier alpha value is -0.930. The molecule has 1 aromatic rings. The molecule has 0 saturated carbocycles. The number of nitrogens with two attached hydrogens (primary N) is 1. The van der Waals surface area contributed by atoms with Crippen molar-refractivity contribution in [2.24, 2.45) is 5.73 Å². The molecule has 2 heterocycles. The monoisotopic (exact) mass is 162 g/mol. The second kappa shape index (κ2) is 3.21. The van der Waals surface area contributed by atoms with Crippen LogP contribution in [0.4, 0.5) is 0 Å². The Morgan fingerprint density at radius 2 is 2.08 bits per heavy atom. The normalized spacial score (nSPS) is 29.1. The van der Waals surface area contributed by atoms with Gasteiger partial charge in [0.2, 0.25) is 0 Å². The molecule has 12 heavy (non-hydrogen) atoms. The summed E-state index contributed by atoms with van der Waals surface area (Å²) < 4.78 is 0. The van der Waals surface area contributed by atoms with Gasteiger partial charge >= 0.3 is 0 Å². The van der Waals surface area contributed by atoms with Crippen molar-refractivity contribution < 1.29 is 0 Å². The van der Waals surface area contributed by atoms with Crippen molar-refractivity contribution in [3.63, 3.8) is 0 Å². The molecule has 2 N–H and O–H groups in total. The van der Waals surface area contributed by atoms with Gasteiger partial charge in [0.1, 0.15) is 0 Å². The predicted octanol–water partition coefficient (Wildman–Crippen LogP) is 0.458. The molecule has 3 heteroatoms. The third-order valence-corrected chi connectivity index (χ3v) is 2.24. The highest BCUT2D eigenvalue weighted by molar-refractivity contribution is 5.18. The van der Waals surface area contributed by atoms with E-state index in [0.717, 1.165) is 13.0 Å². The Morgan fingerprint density at radius 1 is 1.33 bits per heavy atom. The maximum atomic E-state index is 5.90. The zero-order valence-corrected chi connectivity index (χ0v) is 6.85. The topological polar surface area (TPSA) is 53.0 Å². The van der Waals surface area contributed by atoms with Gasteiger partial charge in [0, 0.05) is 25.0 Å². The van der Waals surface area contributed by atoms with Gasteiger partial charge in [0.05, 0.1) is 6.04 Å². The highest BCUT2D eigenvalue weighted by Gasteiger charge is 2.25. The largest absolute Gasteiger partial charge is 0.326 e. The van der Waals surface area contributed by atoms with Crippen LogP contribution in [0.1, 0.15) is 18.0 Å². The number of hydrogen-bond donors (Lipinski definition) is 1. The highest BCUT2D eigenvalue weighted by atomic mass is 15.0. The Kier molecular flexibility index (Phi) is 2.06. The number of aromatic nitrogens is 1. The average molecular weight is 162 g/mol. The molecule has 1 aliphatic rings. The molecule has 2 atom stereocenters. The second-order valence-corrected chi connectivity index (χ2v) is 3.08. The van der Waals surface area contributed by atoms with E-state index in [9.17, 15) is 0 Å². The van der Waals surface area contributed by atoms with Crippen LogP contribution in [0.15, 0.2) is 24.5 Å². The Labute approximate surface area is 72.0 Å². The summed E-state index contributed by atoms with van der Waals surface area (Å²) in [5, 5.41) is 4.43. The lowest BCUT2D eigenvalue weighted by Gasteiger charge is -2.13. The fourth-order valence-corrected chi connectivity index (χ4v) is 1.57. The van der Waals surface area contributed by atoms with Crippen molar-refractivity contribution in [2.75, 3.05) is 6.54 Å². The van der Waals surface area contributed by atoms with Gasteiger partial charge in [-0.05, 0) is 24.1 Å². The first-order valence-electron chi connectivity index (χ1n) is 4.20. The molecule has 1 saturated heterocycles. The third-order valence-electron chi connectivity index (χ3n) is 2.24. The summed E-state index contributed by atoms with van der Waals surface area (Å²) in [7, 11) is 0. The Bertz CT molecular complexity index is 247. The number of nitrogens with zero attached hydrogens (tertiary/aromatic N) is 2. The Balaban J connectivity index is 2.19. The van der Waals surface area contributed by atoms with E-state index >= 15 is 0 Å². The standard InChI is InChI=1S/C9H12N3/c10-8-3-6-12-9(8)7-1-4-11-5-2-7/h1-2,4-5,8-9H,3,6,10H2. The molecule has 3 nitrogen and oxygen atoms in total. The molecular formula is C9H12N3. The summed E-state index contributed by atoms with van der Waals surface area (Å²) in [6.07, 6.45) is 4.58. The Morgan fingerprint density at radius 3 is 2.67 bits per heavy atom. The summed E-state index contributed by atoms with van der Waals surface area (Å²) in [6, 6.07) is 4.37. The molecule has 2 rings (SSSR count). The van der Waals surface area contributed by atoms with Gasteiger partial charge in [-0.3, -0.25) is 4.98 Å². The van der Waals surface area contributed by atoms with E-state index in [4.69, 9.17) is 5.73 Å². The second-order valence-electron chi connectivity index (χ2n) is 3.08. The van der Waals surface area contributed by atoms with E-state index in [-0.39, 0.29) is 12.1 Å². The van der Waals surface area contributed by atoms with Crippen molar-refractivity contribution in [3.8, 4) is 0 Å². The lowest BCUT2D eigenvalue weighted by Crippen LogP contribution is -2.25. The number of pyridine rings is 1. The van der Waals surface area contributed by atoms with Crippen LogP contribution in [0.25, 0.3) is 0 Å². The number of hydrogen-bond acceptors (Lipinski definition) is 2. The van der Waals surface area contributed by atoms with Crippen LogP contribution in [0, 0.1) is 0 Å². The van der Waals surface area contributed by atoms with Gasteiger partial charge in [0.25, 0.3) is 0 Å². The van der Waals surface area contributed by atoms with Gasteiger partial charge in [-0.25, -0.2) is 5.32 Å². The van der Waals surface area contributed by atoms with E-state index < -0.39 is 0 Å². The highest BCUT2D eigenvalue weighted by Crippen LogP contribution is 2.22. The quantitative estimate of drug-likeness (QED) is 0.652. The van der Waals surface area contributed by atoms with Crippen molar-refractivity contribution in [1.29, 1.82) is 0 Å². The zero-order chi connectivity index (χ0) is 8.39. The van der Waals surface area contributed by atoms with Crippen molar-refractivity contribution >= 4 is 0 Å². The first-order valence-corrected chi connectivity index (χ1v) is 4.20. The average Bonchev–Trinajstić information content (AvgIpc) is 2.53. The molecule has 1 fully saturated rings. The van der Waals surface area contributed by atoms with Crippen LogP contribution in [-0.2, 0) is 0 Å². The van der Waals surface area contributed by atoms with Crippen LogP contribution in [0.2, 0.25) is 0 Å². The van der Waals surface area contributed by atoms with E-state index in [2.05, 4.69) is 10.3 Å². The minimum absolute atomic E-state index is 0.201. The maximum Gasteiger partial charge on any atom is 0.0648 e. The SMILES string of the molecule is NC1CC[N]C1c1ccncc1. The molecule has 0 bridgehead atoms. The molecule has 0 aliphatic carbocycles. The third kappa shape index (κ3) is 1.33. The van der Waals surface area contributed by atoms with Gasteiger partial charge < -0.3 is 5.73 Å². The molecular weight excluding hydrogens is 150 g/mol. The minimum Gasteiger partial charge on any atom is -0.326 e. The molecule has 0 amide bonds. The molecule has 63 valence electrons. The van der Waals surface area contributed by atoms with Gasteiger partial charge in [-0.1, -0.05) is 0 Å². The van der Waals surface area contributed by atoms with Gasteiger partial charge in [0.15, 0.2) is 0 Å². The van der Waals surface area contributed by atoms with Crippen LogP contribution >= 0.6 is 0 Å². The first-order chi connectivity index (χ1) is 5.88. The van der Waals surface area contributed by atoms with Crippen LogP contribution in [-0.4, -0.2) is 17.6 Å². The summed E-state index contributed by atoms with van der Waals surface area (Å²) in [5.74, 6) is 0. The van der Waals surface area contributed by atoms with Crippen LogP contribution < -0.4 is 11.1 Å². The lowest BCUT2D eigenvalue weighted by atomic mass is 10.0. The fourth-order valence-electron chi connectivity index (χ4n) is 1.57. The predicted molar refractivity (Wildman–Crippen MR) is 46.6 cm³/mol. The summed E-state index contributed by atoms with van der Waals surface area (Å²) >= 11 is 0. The number of rotatable bonds is 1. The zero-order valence-electron chi connectivity index (χ0n) is 6.85. The van der Waals surface area contributed by atoms with E-state index in [1.54, 1.807) is 12.4 Å². The maximum absolute atomic E-state index is 5.90.